The van der Waals surface area contributed by atoms with Crippen LogP contribution in [-0.4, -0.2) is 49.9 Å². The monoisotopic (exact) mass is 472 g/mol. The molecule has 1 aliphatic heterocycles. The molecule has 0 unspecified atom stereocenters. The number of benzene rings is 2. The fraction of sp³-hybridized carbons (Fsp3) is 0.480. The Kier molecular flexibility index (Phi) is 7.27. The molecule has 0 radical (unpaired) electrons. The summed E-state index contributed by atoms with van der Waals surface area (Å²) in [6, 6.07) is 13.9. The fourth-order valence-corrected chi connectivity index (χ4v) is 6.69. The van der Waals surface area contributed by atoms with Gasteiger partial charge < -0.3 is 4.90 Å². The van der Waals surface area contributed by atoms with Gasteiger partial charge in [-0.15, -0.1) is 11.8 Å². The van der Waals surface area contributed by atoms with Crippen molar-refractivity contribution in [1.82, 2.24) is 9.21 Å². The lowest BCUT2D eigenvalue weighted by molar-refractivity contribution is -0.135. The Balaban J connectivity index is 1.36. The lowest BCUT2D eigenvalue weighted by Gasteiger charge is -2.32. The van der Waals surface area contributed by atoms with E-state index in [-0.39, 0.29) is 11.8 Å². The molecule has 0 atom stereocenters. The van der Waals surface area contributed by atoms with Gasteiger partial charge in [-0.2, -0.15) is 4.31 Å². The number of aryl methyl sites for hydroxylation is 2. The smallest absolute Gasteiger partial charge is 0.243 e. The second kappa shape index (κ2) is 9.98. The zero-order valence-electron chi connectivity index (χ0n) is 18.9. The normalized spacial score (nSPS) is 17.7. The van der Waals surface area contributed by atoms with Crippen molar-refractivity contribution in [3.63, 3.8) is 0 Å². The highest BCUT2D eigenvalue weighted by Gasteiger charge is 2.33. The molecule has 0 spiro atoms. The number of piperidine rings is 1. The molecular formula is C25H32N2O3S2. The van der Waals surface area contributed by atoms with Gasteiger partial charge in [0.25, 0.3) is 0 Å². The van der Waals surface area contributed by atoms with Crippen molar-refractivity contribution >= 4 is 27.7 Å². The zero-order chi connectivity index (χ0) is 22.7. The number of rotatable bonds is 6. The van der Waals surface area contributed by atoms with E-state index in [1.165, 1.54) is 22.4 Å². The molecule has 172 valence electrons. The van der Waals surface area contributed by atoms with Crippen LogP contribution in [0.5, 0.6) is 0 Å². The molecule has 0 aromatic heterocycles. The van der Waals surface area contributed by atoms with Gasteiger partial charge in [0.05, 0.1) is 4.90 Å². The fourth-order valence-electron chi connectivity index (χ4n) is 4.76. The Morgan fingerprint density at radius 3 is 2.34 bits per heavy atom. The van der Waals surface area contributed by atoms with Gasteiger partial charge >= 0.3 is 0 Å². The van der Waals surface area contributed by atoms with E-state index in [1.807, 2.05) is 25.4 Å². The minimum Gasteiger partial charge on any atom is -0.341 e. The maximum absolute atomic E-state index is 13.2. The summed E-state index contributed by atoms with van der Waals surface area (Å²) < 4.78 is 28.0. The number of sulfonamides is 1. The van der Waals surface area contributed by atoms with E-state index in [2.05, 4.69) is 24.3 Å². The average Bonchev–Trinajstić information content (AvgIpc) is 2.83. The largest absolute Gasteiger partial charge is 0.341 e. The van der Waals surface area contributed by atoms with E-state index in [0.717, 1.165) is 24.8 Å². The summed E-state index contributed by atoms with van der Waals surface area (Å²) in [6.07, 6.45) is 7.48. The third-order valence-corrected chi connectivity index (χ3v) is 9.35. The van der Waals surface area contributed by atoms with Gasteiger partial charge in [-0.1, -0.05) is 18.2 Å². The summed E-state index contributed by atoms with van der Waals surface area (Å²) in [5.74, 6) is -0.0229. The molecule has 1 aliphatic carbocycles. The Labute approximate surface area is 196 Å². The highest BCUT2D eigenvalue weighted by atomic mass is 32.2. The van der Waals surface area contributed by atoms with Gasteiger partial charge in [-0.3, -0.25) is 4.79 Å². The Morgan fingerprint density at radius 1 is 1.03 bits per heavy atom. The van der Waals surface area contributed by atoms with Crippen LogP contribution >= 0.6 is 11.8 Å². The summed E-state index contributed by atoms with van der Waals surface area (Å²) in [6.45, 7) is 1.36. The minimum absolute atomic E-state index is 0.102. The van der Waals surface area contributed by atoms with E-state index < -0.39 is 10.0 Å². The first kappa shape index (κ1) is 23.3. The molecule has 5 nitrogen and oxygen atoms in total. The average molecular weight is 473 g/mol. The number of carbonyl (C=O) groups excluding carboxylic acids is 1. The zero-order valence-corrected chi connectivity index (χ0v) is 20.6. The third-order valence-electron chi connectivity index (χ3n) is 6.72. The van der Waals surface area contributed by atoms with Gasteiger partial charge in [-0.05, 0) is 85.7 Å². The van der Waals surface area contributed by atoms with Crippen molar-refractivity contribution in [3.8, 4) is 0 Å². The molecule has 1 amide bonds. The Hall–Kier alpha value is -1.83. The third kappa shape index (κ3) is 5.05. The number of thioether (sulfide) groups is 1. The quantitative estimate of drug-likeness (QED) is 0.587. The van der Waals surface area contributed by atoms with E-state index >= 15 is 0 Å². The van der Waals surface area contributed by atoms with Crippen LogP contribution in [0.25, 0.3) is 0 Å². The first-order chi connectivity index (χ1) is 15.4. The van der Waals surface area contributed by atoms with Crippen molar-refractivity contribution < 1.29 is 13.2 Å². The van der Waals surface area contributed by atoms with E-state index in [1.54, 1.807) is 27.0 Å². The lowest BCUT2D eigenvalue weighted by Crippen LogP contribution is -2.43. The maximum Gasteiger partial charge on any atom is 0.243 e. The number of fused-ring (bicyclic) bond motifs is 1. The molecule has 4 rings (SSSR count). The van der Waals surface area contributed by atoms with Crippen LogP contribution in [-0.2, 0) is 34.2 Å². The molecule has 1 heterocycles. The number of hydrogen-bond donors (Lipinski definition) is 0. The molecule has 7 heteroatoms. The lowest BCUT2D eigenvalue weighted by atomic mass is 9.92. The van der Waals surface area contributed by atoms with Crippen molar-refractivity contribution in [2.24, 2.45) is 5.92 Å². The Morgan fingerprint density at radius 2 is 1.69 bits per heavy atom. The molecule has 1 fully saturated rings. The molecule has 2 aromatic rings. The van der Waals surface area contributed by atoms with E-state index in [0.29, 0.717) is 37.4 Å². The van der Waals surface area contributed by atoms with Crippen molar-refractivity contribution in [1.29, 1.82) is 0 Å². The predicted octanol–water partition coefficient (Wildman–Crippen LogP) is 4.35. The second-order valence-electron chi connectivity index (χ2n) is 8.86. The van der Waals surface area contributed by atoms with Crippen LogP contribution in [0.4, 0.5) is 0 Å². The number of amides is 1. The van der Waals surface area contributed by atoms with Crippen LogP contribution in [0.3, 0.4) is 0 Å². The van der Waals surface area contributed by atoms with Gasteiger partial charge in [0.15, 0.2) is 0 Å². The van der Waals surface area contributed by atoms with Crippen molar-refractivity contribution in [3.05, 3.63) is 59.2 Å². The number of nitrogens with zero attached hydrogens (tertiary/aromatic N) is 2. The first-order valence-corrected chi connectivity index (χ1v) is 14.0. The Bertz CT molecular complexity index is 1060. The van der Waals surface area contributed by atoms with Crippen LogP contribution in [0.15, 0.2) is 52.3 Å². The van der Waals surface area contributed by atoms with Crippen molar-refractivity contribution in [2.75, 3.05) is 26.4 Å². The van der Waals surface area contributed by atoms with Gasteiger partial charge in [0.1, 0.15) is 0 Å². The second-order valence-corrected chi connectivity index (χ2v) is 11.7. The molecule has 2 aliphatic rings. The predicted molar refractivity (Wildman–Crippen MR) is 129 cm³/mol. The molecule has 1 saturated heterocycles. The highest BCUT2D eigenvalue weighted by Crippen LogP contribution is 2.29. The van der Waals surface area contributed by atoms with Gasteiger partial charge in [0.2, 0.25) is 15.9 Å². The topological polar surface area (TPSA) is 57.7 Å². The summed E-state index contributed by atoms with van der Waals surface area (Å²) in [5.41, 5.74) is 3.56. The summed E-state index contributed by atoms with van der Waals surface area (Å²) >= 11 is 1.70. The molecule has 0 N–H and O–H groups in total. The minimum atomic E-state index is -3.51. The van der Waals surface area contributed by atoms with Crippen LogP contribution in [0.1, 0.15) is 42.4 Å². The van der Waals surface area contributed by atoms with Crippen molar-refractivity contribution in [2.45, 2.75) is 54.9 Å². The number of hydrogen-bond acceptors (Lipinski definition) is 4. The van der Waals surface area contributed by atoms with Crippen LogP contribution in [0, 0.1) is 5.92 Å². The summed E-state index contributed by atoms with van der Waals surface area (Å²) in [5, 5.41) is 0. The highest BCUT2D eigenvalue weighted by molar-refractivity contribution is 7.98. The molecular weight excluding hydrogens is 440 g/mol. The maximum atomic E-state index is 13.2. The molecule has 0 bridgehead atoms. The van der Waals surface area contributed by atoms with Gasteiger partial charge in [0, 0.05) is 37.5 Å². The SMILES string of the molecule is CSc1ccc(CN(C)C(=O)C2CCN(S(=O)(=O)c3ccc4c(c3)CCCC4)CC2)cc1. The summed E-state index contributed by atoms with van der Waals surface area (Å²) in [7, 11) is -1.68. The summed E-state index contributed by atoms with van der Waals surface area (Å²) in [4.78, 5) is 16.3. The number of carbonyl (C=O) groups is 1. The molecule has 32 heavy (non-hydrogen) atoms. The van der Waals surface area contributed by atoms with E-state index in [4.69, 9.17) is 0 Å². The van der Waals surface area contributed by atoms with Gasteiger partial charge in [-0.25, -0.2) is 8.42 Å². The van der Waals surface area contributed by atoms with E-state index in [9.17, 15) is 13.2 Å². The molecule has 0 saturated carbocycles. The first-order valence-electron chi connectivity index (χ1n) is 11.4. The van der Waals surface area contributed by atoms with Crippen LogP contribution < -0.4 is 0 Å². The van der Waals surface area contributed by atoms with Crippen LogP contribution in [0.2, 0.25) is 0 Å². The standard InChI is InChI=1S/C25H32N2O3S2/c1-26(18-19-7-10-23(31-2)11-8-19)25(28)21-13-15-27(16-14-21)32(29,30)24-12-9-20-5-3-4-6-22(20)17-24/h7-12,17,21H,3-6,13-16,18H2,1-2H3. The molecule has 2 aromatic carbocycles.